The molecule has 0 aromatic carbocycles. The molecular formula is C17H26N4O3. The standard InChI is InChI=1S/C17H26N4O3/c1-19(2)13-14-16(18-15-7-5-6-8-21(14)15)17(22)20(9-11-23-3)10-12-24-4/h5-8H,9-13H2,1-4H3. The fraction of sp³-hybridized carbons (Fsp3) is 0.529. The van der Waals surface area contributed by atoms with Gasteiger partial charge in [0.1, 0.15) is 5.65 Å². The summed E-state index contributed by atoms with van der Waals surface area (Å²) in [5.74, 6) is -0.0929. The number of hydrogen-bond acceptors (Lipinski definition) is 5. The predicted molar refractivity (Wildman–Crippen MR) is 92.2 cm³/mol. The maximum absolute atomic E-state index is 13.0. The van der Waals surface area contributed by atoms with Crippen LogP contribution in [0.3, 0.4) is 0 Å². The molecule has 7 heteroatoms. The highest BCUT2D eigenvalue weighted by molar-refractivity contribution is 5.94. The third-order valence-electron chi connectivity index (χ3n) is 3.72. The number of rotatable bonds is 9. The minimum atomic E-state index is -0.0929. The van der Waals surface area contributed by atoms with Gasteiger partial charge in [0.15, 0.2) is 5.69 Å². The van der Waals surface area contributed by atoms with E-state index >= 15 is 0 Å². The third-order valence-corrected chi connectivity index (χ3v) is 3.72. The number of carbonyl (C=O) groups is 1. The van der Waals surface area contributed by atoms with Gasteiger partial charge in [-0.15, -0.1) is 0 Å². The topological polar surface area (TPSA) is 59.3 Å². The highest BCUT2D eigenvalue weighted by atomic mass is 16.5. The van der Waals surface area contributed by atoms with Crippen LogP contribution in [-0.4, -0.2) is 79.7 Å². The molecule has 0 aliphatic rings. The first-order valence-electron chi connectivity index (χ1n) is 7.96. The summed E-state index contributed by atoms with van der Waals surface area (Å²) < 4.78 is 12.2. The Kier molecular flexibility index (Phi) is 6.72. The molecule has 2 rings (SSSR count). The molecule has 7 nitrogen and oxygen atoms in total. The van der Waals surface area contributed by atoms with Gasteiger partial charge >= 0.3 is 0 Å². The molecule has 0 unspecified atom stereocenters. The number of fused-ring (bicyclic) bond motifs is 1. The quantitative estimate of drug-likeness (QED) is 0.688. The lowest BCUT2D eigenvalue weighted by molar-refractivity contribution is 0.0620. The van der Waals surface area contributed by atoms with Crippen molar-refractivity contribution in [2.75, 3.05) is 54.6 Å². The average molecular weight is 334 g/mol. The van der Waals surface area contributed by atoms with Gasteiger partial charge < -0.3 is 23.7 Å². The molecule has 0 bridgehead atoms. The molecule has 0 fully saturated rings. The van der Waals surface area contributed by atoms with E-state index in [0.29, 0.717) is 38.5 Å². The molecule has 0 radical (unpaired) electrons. The van der Waals surface area contributed by atoms with Crippen molar-refractivity contribution in [2.45, 2.75) is 6.54 Å². The first kappa shape index (κ1) is 18.4. The average Bonchev–Trinajstić information content (AvgIpc) is 2.92. The zero-order chi connectivity index (χ0) is 17.5. The first-order valence-corrected chi connectivity index (χ1v) is 7.96. The van der Waals surface area contributed by atoms with Crippen molar-refractivity contribution in [3.63, 3.8) is 0 Å². The molecule has 0 aliphatic carbocycles. The first-order chi connectivity index (χ1) is 11.6. The number of methoxy groups -OCH3 is 2. The summed E-state index contributed by atoms with van der Waals surface area (Å²) in [6, 6.07) is 5.77. The van der Waals surface area contributed by atoms with Gasteiger partial charge in [-0.25, -0.2) is 4.98 Å². The summed E-state index contributed by atoms with van der Waals surface area (Å²) >= 11 is 0. The van der Waals surface area contributed by atoms with Crippen molar-refractivity contribution in [2.24, 2.45) is 0 Å². The predicted octanol–water partition coefficient (Wildman–Crippen LogP) is 1.13. The Labute approximate surface area is 142 Å². The summed E-state index contributed by atoms with van der Waals surface area (Å²) in [6.45, 7) is 2.61. The minimum absolute atomic E-state index is 0.0929. The molecule has 0 atom stereocenters. The second-order valence-electron chi connectivity index (χ2n) is 5.85. The number of amides is 1. The van der Waals surface area contributed by atoms with Crippen LogP contribution in [0.25, 0.3) is 5.65 Å². The van der Waals surface area contributed by atoms with Gasteiger partial charge in [-0.3, -0.25) is 4.79 Å². The molecule has 2 aromatic rings. The number of aromatic nitrogens is 2. The maximum Gasteiger partial charge on any atom is 0.274 e. The monoisotopic (exact) mass is 334 g/mol. The van der Waals surface area contributed by atoms with E-state index in [2.05, 4.69) is 4.98 Å². The van der Waals surface area contributed by atoms with Gasteiger partial charge in [0.05, 0.1) is 18.9 Å². The van der Waals surface area contributed by atoms with Crippen LogP contribution in [0.4, 0.5) is 0 Å². The van der Waals surface area contributed by atoms with Crippen molar-refractivity contribution >= 4 is 11.6 Å². The van der Waals surface area contributed by atoms with Gasteiger partial charge in [0.25, 0.3) is 5.91 Å². The Morgan fingerprint density at radius 2 is 1.83 bits per heavy atom. The Hall–Kier alpha value is -1.96. The van der Waals surface area contributed by atoms with Crippen LogP contribution in [-0.2, 0) is 16.0 Å². The zero-order valence-corrected chi connectivity index (χ0v) is 14.9. The molecule has 2 aromatic heterocycles. The number of ether oxygens (including phenoxy) is 2. The van der Waals surface area contributed by atoms with Crippen LogP contribution >= 0.6 is 0 Å². The Balaban J connectivity index is 2.37. The molecule has 132 valence electrons. The largest absolute Gasteiger partial charge is 0.383 e. The highest BCUT2D eigenvalue weighted by Crippen LogP contribution is 2.16. The van der Waals surface area contributed by atoms with Gasteiger partial charge in [-0.1, -0.05) is 6.07 Å². The van der Waals surface area contributed by atoms with E-state index in [4.69, 9.17) is 9.47 Å². The number of nitrogens with zero attached hydrogens (tertiary/aromatic N) is 4. The maximum atomic E-state index is 13.0. The lowest BCUT2D eigenvalue weighted by Crippen LogP contribution is -2.37. The Morgan fingerprint density at radius 1 is 1.17 bits per heavy atom. The summed E-state index contributed by atoms with van der Waals surface area (Å²) in [7, 11) is 7.21. The van der Waals surface area contributed by atoms with Gasteiger partial charge in [0.2, 0.25) is 0 Å². The molecule has 2 heterocycles. The summed E-state index contributed by atoms with van der Waals surface area (Å²) in [5.41, 5.74) is 2.15. The van der Waals surface area contributed by atoms with Crippen molar-refractivity contribution in [1.82, 2.24) is 19.2 Å². The second kappa shape index (κ2) is 8.77. The van der Waals surface area contributed by atoms with Gasteiger partial charge in [0, 0.05) is 40.1 Å². The SMILES string of the molecule is COCCN(CCOC)C(=O)c1nc2ccccn2c1CN(C)C. The summed E-state index contributed by atoms with van der Waals surface area (Å²) in [4.78, 5) is 21.4. The lowest BCUT2D eigenvalue weighted by atomic mass is 10.2. The van der Waals surface area contributed by atoms with Crippen LogP contribution in [0.1, 0.15) is 16.2 Å². The van der Waals surface area contributed by atoms with Gasteiger partial charge in [-0.2, -0.15) is 0 Å². The van der Waals surface area contributed by atoms with Crippen LogP contribution in [0.2, 0.25) is 0 Å². The lowest BCUT2D eigenvalue weighted by Gasteiger charge is -2.22. The number of pyridine rings is 1. The van der Waals surface area contributed by atoms with E-state index in [1.54, 1.807) is 19.1 Å². The zero-order valence-electron chi connectivity index (χ0n) is 14.9. The van der Waals surface area contributed by atoms with E-state index in [-0.39, 0.29) is 5.91 Å². The van der Waals surface area contributed by atoms with Crippen LogP contribution < -0.4 is 0 Å². The van der Waals surface area contributed by atoms with Crippen molar-refractivity contribution in [1.29, 1.82) is 0 Å². The number of hydrogen-bond donors (Lipinski definition) is 0. The number of carbonyl (C=O) groups excluding carboxylic acids is 1. The van der Waals surface area contributed by atoms with E-state index in [1.807, 2.05) is 47.8 Å². The molecule has 24 heavy (non-hydrogen) atoms. The van der Waals surface area contributed by atoms with Crippen LogP contribution in [0.5, 0.6) is 0 Å². The summed E-state index contributed by atoms with van der Waals surface area (Å²) in [5, 5.41) is 0. The molecular weight excluding hydrogens is 308 g/mol. The highest BCUT2D eigenvalue weighted by Gasteiger charge is 2.24. The normalized spacial score (nSPS) is 11.4. The smallest absolute Gasteiger partial charge is 0.274 e. The molecule has 0 spiro atoms. The van der Waals surface area contributed by atoms with Gasteiger partial charge in [-0.05, 0) is 26.2 Å². The van der Waals surface area contributed by atoms with E-state index in [9.17, 15) is 4.79 Å². The fourth-order valence-corrected chi connectivity index (χ4v) is 2.54. The van der Waals surface area contributed by atoms with Crippen molar-refractivity contribution < 1.29 is 14.3 Å². The van der Waals surface area contributed by atoms with E-state index in [0.717, 1.165) is 11.3 Å². The third kappa shape index (κ3) is 4.31. The fourth-order valence-electron chi connectivity index (χ4n) is 2.54. The second-order valence-corrected chi connectivity index (χ2v) is 5.85. The van der Waals surface area contributed by atoms with E-state index in [1.165, 1.54) is 0 Å². The van der Waals surface area contributed by atoms with E-state index < -0.39 is 0 Å². The van der Waals surface area contributed by atoms with Crippen molar-refractivity contribution in [3.8, 4) is 0 Å². The molecule has 0 aliphatic heterocycles. The Morgan fingerprint density at radius 3 is 2.42 bits per heavy atom. The van der Waals surface area contributed by atoms with Crippen LogP contribution in [0, 0.1) is 0 Å². The molecule has 0 saturated heterocycles. The Bertz CT molecular complexity index is 661. The molecule has 0 N–H and O–H groups in total. The minimum Gasteiger partial charge on any atom is -0.383 e. The van der Waals surface area contributed by atoms with Crippen LogP contribution in [0.15, 0.2) is 24.4 Å². The number of imidazole rings is 1. The summed E-state index contributed by atoms with van der Waals surface area (Å²) in [6.07, 6.45) is 1.94. The molecule has 0 saturated carbocycles. The molecule has 1 amide bonds. The van der Waals surface area contributed by atoms with Crippen molar-refractivity contribution in [3.05, 3.63) is 35.8 Å².